The van der Waals surface area contributed by atoms with Gasteiger partial charge in [-0.05, 0) is 54.2 Å². The number of nitrogens with one attached hydrogen (secondary N) is 1. The molecule has 0 bridgehead atoms. The summed E-state index contributed by atoms with van der Waals surface area (Å²) in [6.07, 6.45) is 3.43. The number of carbonyl (C=O) groups excluding carboxylic acids is 2. The number of aromatic nitrogens is 3. The van der Waals surface area contributed by atoms with Crippen molar-refractivity contribution in [2.75, 3.05) is 13.2 Å². The first kappa shape index (κ1) is 25.7. The van der Waals surface area contributed by atoms with E-state index in [0.717, 1.165) is 29.5 Å². The quantitative estimate of drug-likeness (QED) is 0.339. The molecule has 1 aliphatic rings. The average molecular weight is 516 g/mol. The molecule has 0 aliphatic carbocycles. The molecule has 5 rings (SSSR count). The predicted molar refractivity (Wildman–Crippen MR) is 142 cm³/mol. The summed E-state index contributed by atoms with van der Waals surface area (Å²) in [4.78, 5) is 29.3. The molecule has 0 unspecified atom stereocenters. The van der Waals surface area contributed by atoms with Crippen molar-refractivity contribution in [3.63, 3.8) is 0 Å². The Morgan fingerprint density at radius 2 is 1.87 bits per heavy atom. The third kappa shape index (κ3) is 5.78. The SMILES string of the molecule is CC(C)c1ccc([C@@H](C(=O)NC[C@@H]2CCCO2)N(Cc2ccco2)C(=O)Cn2nnc3ccccc32)cc1. The van der Waals surface area contributed by atoms with E-state index in [2.05, 4.69) is 29.5 Å². The fourth-order valence-corrected chi connectivity index (χ4v) is 4.80. The number of amides is 2. The fourth-order valence-electron chi connectivity index (χ4n) is 4.80. The van der Waals surface area contributed by atoms with E-state index >= 15 is 0 Å². The molecule has 1 fully saturated rings. The molecule has 4 aromatic rings. The third-order valence-electron chi connectivity index (χ3n) is 6.94. The maximum absolute atomic E-state index is 13.9. The first-order valence-electron chi connectivity index (χ1n) is 13.1. The van der Waals surface area contributed by atoms with Crippen LogP contribution in [0.1, 0.15) is 55.5 Å². The molecule has 0 saturated carbocycles. The molecule has 198 valence electrons. The summed E-state index contributed by atoms with van der Waals surface area (Å²) in [6.45, 7) is 5.40. The first-order valence-corrected chi connectivity index (χ1v) is 13.1. The van der Waals surface area contributed by atoms with Crippen LogP contribution in [0.2, 0.25) is 0 Å². The summed E-state index contributed by atoms with van der Waals surface area (Å²) in [5, 5.41) is 11.4. The van der Waals surface area contributed by atoms with Gasteiger partial charge in [0, 0.05) is 13.2 Å². The molecule has 1 aliphatic heterocycles. The molecule has 3 heterocycles. The Morgan fingerprint density at radius 3 is 2.58 bits per heavy atom. The summed E-state index contributed by atoms with van der Waals surface area (Å²) >= 11 is 0. The Bertz CT molecular complexity index is 1360. The Hall–Kier alpha value is -3.98. The highest BCUT2D eigenvalue weighted by atomic mass is 16.5. The van der Waals surface area contributed by atoms with Gasteiger partial charge in [-0.25, -0.2) is 4.68 Å². The highest BCUT2D eigenvalue weighted by Gasteiger charge is 2.33. The maximum atomic E-state index is 13.9. The zero-order valence-corrected chi connectivity index (χ0v) is 21.7. The highest BCUT2D eigenvalue weighted by molar-refractivity contribution is 5.89. The lowest BCUT2D eigenvalue weighted by molar-refractivity contribution is -0.142. The molecule has 0 radical (unpaired) electrons. The molecular formula is C29H33N5O4. The zero-order valence-electron chi connectivity index (χ0n) is 21.7. The molecule has 9 nitrogen and oxygen atoms in total. The van der Waals surface area contributed by atoms with Crippen LogP contribution in [0.5, 0.6) is 0 Å². The minimum absolute atomic E-state index is 0.0151. The molecule has 2 amide bonds. The van der Waals surface area contributed by atoms with Gasteiger partial charge in [0.25, 0.3) is 0 Å². The van der Waals surface area contributed by atoms with Crippen molar-refractivity contribution in [1.82, 2.24) is 25.2 Å². The first-order chi connectivity index (χ1) is 18.5. The third-order valence-corrected chi connectivity index (χ3v) is 6.94. The molecule has 1 N–H and O–H groups in total. The van der Waals surface area contributed by atoms with E-state index in [1.807, 2.05) is 48.5 Å². The number of ether oxygens (including phenoxy) is 1. The smallest absolute Gasteiger partial charge is 0.247 e. The van der Waals surface area contributed by atoms with Crippen molar-refractivity contribution in [2.45, 2.75) is 57.8 Å². The van der Waals surface area contributed by atoms with Crippen molar-refractivity contribution < 1.29 is 18.7 Å². The van der Waals surface area contributed by atoms with Crippen LogP contribution < -0.4 is 5.32 Å². The van der Waals surface area contributed by atoms with E-state index < -0.39 is 6.04 Å². The molecule has 2 aromatic heterocycles. The van der Waals surface area contributed by atoms with Crippen LogP contribution >= 0.6 is 0 Å². The second-order valence-corrected chi connectivity index (χ2v) is 9.94. The number of benzene rings is 2. The molecule has 38 heavy (non-hydrogen) atoms. The van der Waals surface area contributed by atoms with E-state index in [9.17, 15) is 9.59 Å². The number of para-hydroxylation sites is 1. The number of hydrogen-bond donors (Lipinski definition) is 1. The molecule has 9 heteroatoms. The van der Waals surface area contributed by atoms with Gasteiger partial charge in [0.1, 0.15) is 23.9 Å². The van der Waals surface area contributed by atoms with Crippen molar-refractivity contribution in [3.8, 4) is 0 Å². The molecule has 0 spiro atoms. The van der Waals surface area contributed by atoms with Gasteiger partial charge in [0.15, 0.2) is 0 Å². The van der Waals surface area contributed by atoms with Crippen LogP contribution in [0.25, 0.3) is 11.0 Å². The number of rotatable bonds is 10. The van der Waals surface area contributed by atoms with Crippen LogP contribution in [-0.4, -0.2) is 51.0 Å². The lowest BCUT2D eigenvalue weighted by Gasteiger charge is -2.31. The molecule has 1 saturated heterocycles. The minimum Gasteiger partial charge on any atom is -0.467 e. The van der Waals surface area contributed by atoms with Gasteiger partial charge >= 0.3 is 0 Å². The van der Waals surface area contributed by atoms with Crippen LogP contribution in [-0.2, 0) is 27.4 Å². The number of furan rings is 1. The van der Waals surface area contributed by atoms with Crippen molar-refractivity contribution >= 4 is 22.8 Å². The normalized spacial score (nSPS) is 16.1. The van der Waals surface area contributed by atoms with Gasteiger partial charge in [0.05, 0.1) is 24.4 Å². The van der Waals surface area contributed by atoms with Crippen molar-refractivity contribution in [1.29, 1.82) is 0 Å². The van der Waals surface area contributed by atoms with Gasteiger partial charge in [-0.2, -0.15) is 0 Å². The van der Waals surface area contributed by atoms with E-state index in [1.54, 1.807) is 28.0 Å². The van der Waals surface area contributed by atoms with E-state index in [0.29, 0.717) is 30.3 Å². The zero-order chi connectivity index (χ0) is 26.5. The van der Waals surface area contributed by atoms with E-state index in [-0.39, 0.29) is 31.0 Å². The topological polar surface area (TPSA) is 102 Å². The lowest BCUT2D eigenvalue weighted by Crippen LogP contribution is -2.46. The van der Waals surface area contributed by atoms with Gasteiger partial charge in [-0.15, -0.1) is 5.10 Å². The maximum Gasteiger partial charge on any atom is 0.247 e. The highest BCUT2D eigenvalue weighted by Crippen LogP contribution is 2.27. The van der Waals surface area contributed by atoms with Crippen LogP contribution in [0.4, 0.5) is 0 Å². The Morgan fingerprint density at radius 1 is 1.08 bits per heavy atom. The summed E-state index contributed by atoms with van der Waals surface area (Å²) in [6, 6.07) is 18.1. The standard InChI is InChI=1S/C29H33N5O4/c1-20(2)21-11-13-22(14-12-21)28(29(36)30-17-23-7-5-15-37-23)33(18-24-8-6-16-38-24)27(35)19-34-26-10-4-3-9-25(26)31-32-34/h3-4,6,8-14,16,20,23,28H,5,7,15,17-19H2,1-2H3,(H,30,36)/t23-,28-/m0/s1. The van der Waals surface area contributed by atoms with Crippen LogP contribution in [0, 0.1) is 0 Å². The second-order valence-electron chi connectivity index (χ2n) is 9.94. The van der Waals surface area contributed by atoms with Crippen LogP contribution in [0.15, 0.2) is 71.3 Å². The van der Waals surface area contributed by atoms with Gasteiger partial charge in [0.2, 0.25) is 11.8 Å². The van der Waals surface area contributed by atoms with E-state index in [1.165, 1.54) is 0 Å². The number of nitrogens with zero attached hydrogens (tertiary/aromatic N) is 4. The predicted octanol–water partition coefficient (Wildman–Crippen LogP) is 4.21. The van der Waals surface area contributed by atoms with Crippen molar-refractivity contribution in [3.05, 3.63) is 83.8 Å². The fraction of sp³-hybridized carbons (Fsp3) is 0.379. The summed E-state index contributed by atoms with van der Waals surface area (Å²) in [7, 11) is 0. The monoisotopic (exact) mass is 515 g/mol. The number of carbonyl (C=O) groups is 2. The summed E-state index contributed by atoms with van der Waals surface area (Å²) in [5.41, 5.74) is 3.33. The Balaban J connectivity index is 1.48. The Labute approximate surface area is 221 Å². The molecular weight excluding hydrogens is 482 g/mol. The second kappa shape index (κ2) is 11.6. The number of hydrogen-bond acceptors (Lipinski definition) is 6. The molecule has 2 aromatic carbocycles. The summed E-state index contributed by atoms with van der Waals surface area (Å²) < 4.78 is 12.9. The summed E-state index contributed by atoms with van der Waals surface area (Å²) in [5.74, 6) is 0.387. The molecule has 2 atom stereocenters. The van der Waals surface area contributed by atoms with E-state index in [4.69, 9.17) is 9.15 Å². The van der Waals surface area contributed by atoms with Crippen LogP contribution in [0.3, 0.4) is 0 Å². The number of fused-ring (bicyclic) bond motifs is 1. The lowest BCUT2D eigenvalue weighted by atomic mass is 9.97. The van der Waals surface area contributed by atoms with Gasteiger partial charge in [-0.1, -0.05) is 55.5 Å². The largest absolute Gasteiger partial charge is 0.467 e. The Kier molecular flexibility index (Phi) is 7.83. The van der Waals surface area contributed by atoms with Crippen molar-refractivity contribution in [2.24, 2.45) is 0 Å². The van der Waals surface area contributed by atoms with Gasteiger partial charge < -0.3 is 19.4 Å². The average Bonchev–Trinajstić information content (AvgIpc) is 3.71. The van der Waals surface area contributed by atoms with Gasteiger partial charge in [-0.3, -0.25) is 9.59 Å². The minimum atomic E-state index is -0.870.